The number of nitrogens with zero attached hydrogens (tertiary/aromatic N) is 1. The summed E-state index contributed by atoms with van der Waals surface area (Å²) < 4.78 is 15.6. The molecule has 0 aromatic heterocycles. The smallest absolute Gasteiger partial charge is 0.311 e. The molecule has 2 rings (SSSR count). The fraction of sp³-hybridized carbons (Fsp3) is 0.167. The van der Waals surface area contributed by atoms with E-state index in [0.717, 1.165) is 0 Å². The molecular formula is C18H18N2O6. The second kappa shape index (κ2) is 9.07. The number of hydrogen-bond donors (Lipinski definition) is 1. The zero-order chi connectivity index (χ0) is 18.9. The molecule has 0 radical (unpaired) electrons. The fourth-order valence-electron chi connectivity index (χ4n) is 2.03. The lowest BCUT2D eigenvalue weighted by Gasteiger charge is -2.09. The van der Waals surface area contributed by atoms with Gasteiger partial charge >= 0.3 is 5.69 Å². The van der Waals surface area contributed by atoms with Crippen molar-refractivity contribution in [2.75, 3.05) is 25.6 Å². The van der Waals surface area contributed by atoms with E-state index >= 15 is 0 Å². The number of benzene rings is 2. The van der Waals surface area contributed by atoms with Gasteiger partial charge in [-0.05, 0) is 30.3 Å². The summed E-state index contributed by atoms with van der Waals surface area (Å²) in [5.74, 6) is 0.637. The maximum Gasteiger partial charge on any atom is 0.311 e. The molecule has 26 heavy (non-hydrogen) atoms. The van der Waals surface area contributed by atoms with E-state index in [1.807, 2.05) is 0 Å². The summed E-state index contributed by atoms with van der Waals surface area (Å²) in [5.41, 5.74) is 0.411. The average Bonchev–Trinajstić information content (AvgIpc) is 2.65. The number of amides is 1. The van der Waals surface area contributed by atoms with Crippen LogP contribution in [0.25, 0.3) is 0 Å². The second-order valence-electron chi connectivity index (χ2n) is 5.05. The van der Waals surface area contributed by atoms with Crippen molar-refractivity contribution in [3.05, 3.63) is 65.2 Å². The van der Waals surface area contributed by atoms with Gasteiger partial charge in [-0.3, -0.25) is 14.9 Å². The largest absolute Gasteiger partial charge is 0.490 e. The highest BCUT2D eigenvalue weighted by Gasteiger charge is 2.15. The van der Waals surface area contributed by atoms with E-state index in [2.05, 4.69) is 11.9 Å². The minimum Gasteiger partial charge on any atom is -0.490 e. The van der Waals surface area contributed by atoms with Gasteiger partial charge in [0, 0.05) is 17.8 Å². The SMILES string of the molecule is C=CCOc1ccc(NC(=O)COc2ccc([N+](=O)[O-])c(OC)c2)cc1. The summed E-state index contributed by atoms with van der Waals surface area (Å²) >= 11 is 0. The van der Waals surface area contributed by atoms with Crippen LogP contribution in [-0.2, 0) is 4.79 Å². The summed E-state index contributed by atoms with van der Waals surface area (Å²) in [6.45, 7) is 3.71. The lowest BCUT2D eigenvalue weighted by Crippen LogP contribution is -2.20. The van der Waals surface area contributed by atoms with Gasteiger partial charge < -0.3 is 19.5 Å². The first-order valence-corrected chi connectivity index (χ1v) is 7.62. The van der Waals surface area contributed by atoms with Crippen molar-refractivity contribution in [2.45, 2.75) is 0 Å². The molecule has 0 saturated carbocycles. The van der Waals surface area contributed by atoms with Crippen molar-refractivity contribution in [3.8, 4) is 17.2 Å². The van der Waals surface area contributed by atoms with Gasteiger partial charge in [0.05, 0.1) is 12.0 Å². The Morgan fingerprint density at radius 2 is 1.88 bits per heavy atom. The molecule has 1 amide bonds. The summed E-state index contributed by atoms with van der Waals surface area (Å²) in [5, 5.41) is 13.5. The Bertz CT molecular complexity index is 789. The van der Waals surface area contributed by atoms with Crippen molar-refractivity contribution in [3.63, 3.8) is 0 Å². The Kier molecular flexibility index (Phi) is 6.55. The molecule has 0 spiro atoms. The Morgan fingerprint density at radius 1 is 1.19 bits per heavy atom. The third-order valence-electron chi connectivity index (χ3n) is 3.22. The molecule has 8 nitrogen and oxygen atoms in total. The van der Waals surface area contributed by atoms with Crippen molar-refractivity contribution in [1.29, 1.82) is 0 Å². The van der Waals surface area contributed by atoms with E-state index < -0.39 is 4.92 Å². The van der Waals surface area contributed by atoms with Gasteiger partial charge in [0.2, 0.25) is 5.75 Å². The third kappa shape index (κ3) is 5.23. The number of nitro groups is 1. The number of carbonyl (C=O) groups excluding carboxylic acids is 1. The minimum absolute atomic E-state index is 0.0584. The van der Waals surface area contributed by atoms with E-state index in [0.29, 0.717) is 18.0 Å². The quantitative estimate of drug-likeness (QED) is 0.420. The van der Waals surface area contributed by atoms with Crippen LogP contribution in [-0.4, -0.2) is 31.2 Å². The molecule has 0 fully saturated rings. The number of carbonyl (C=O) groups is 1. The van der Waals surface area contributed by atoms with Crippen LogP contribution in [0.4, 0.5) is 11.4 Å². The van der Waals surface area contributed by atoms with Crippen LogP contribution in [0.1, 0.15) is 0 Å². The van der Waals surface area contributed by atoms with Gasteiger partial charge in [0.25, 0.3) is 5.91 Å². The zero-order valence-electron chi connectivity index (χ0n) is 14.1. The summed E-state index contributed by atoms with van der Waals surface area (Å²) in [4.78, 5) is 22.2. The monoisotopic (exact) mass is 358 g/mol. The molecular weight excluding hydrogens is 340 g/mol. The topological polar surface area (TPSA) is 99.9 Å². The number of anilines is 1. The molecule has 1 N–H and O–H groups in total. The molecule has 0 heterocycles. The van der Waals surface area contributed by atoms with Gasteiger partial charge in [0.1, 0.15) is 18.1 Å². The number of methoxy groups -OCH3 is 1. The van der Waals surface area contributed by atoms with Crippen LogP contribution >= 0.6 is 0 Å². The number of nitrogens with one attached hydrogen (secondary N) is 1. The number of rotatable bonds is 9. The van der Waals surface area contributed by atoms with Gasteiger partial charge in [-0.2, -0.15) is 0 Å². The minimum atomic E-state index is -0.558. The first-order chi connectivity index (χ1) is 12.5. The van der Waals surface area contributed by atoms with Gasteiger partial charge in [-0.1, -0.05) is 12.7 Å². The molecule has 2 aromatic rings. The molecule has 0 atom stereocenters. The Labute approximate surface area is 150 Å². The Morgan fingerprint density at radius 3 is 2.50 bits per heavy atom. The van der Waals surface area contributed by atoms with E-state index in [9.17, 15) is 14.9 Å². The third-order valence-corrected chi connectivity index (χ3v) is 3.22. The number of hydrogen-bond acceptors (Lipinski definition) is 6. The van der Waals surface area contributed by atoms with Crippen LogP contribution in [0.5, 0.6) is 17.2 Å². The molecule has 0 saturated heterocycles. The molecule has 0 aliphatic heterocycles. The van der Waals surface area contributed by atoms with Crippen molar-refractivity contribution in [2.24, 2.45) is 0 Å². The lowest BCUT2D eigenvalue weighted by molar-refractivity contribution is -0.385. The van der Waals surface area contributed by atoms with E-state index in [4.69, 9.17) is 14.2 Å². The zero-order valence-corrected chi connectivity index (χ0v) is 14.1. The fourth-order valence-corrected chi connectivity index (χ4v) is 2.03. The summed E-state index contributed by atoms with van der Waals surface area (Å²) in [7, 11) is 1.32. The highest BCUT2D eigenvalue weighted by atomic mass is 16.6. The summed E-state index contributed by atoms with van der Waals surface area (Å²) in [6.07, 6.45) is 1.64. The highest BCUT2D eigenvalue weighted by Crippen LogP contribution is 2.30. The second-order valence-corrected chi connectivity index (χ2v) is 5.05. The van der Waals surface area contributed by atoms with E-state index in [1.54, 1.807) is 30.3 Å². The Hall–Kier alpha value is -3.55. The van der Waals surface area contributed by atoms with E-state index in [1.165, 1.54) is 25.3 Å². The molecule has 136 valence electrons. The molecule has 0 aliphatic carbocycles. The average molecular weight is 358 g/mol. The number of ether oxygens (including phenoxy) is 3. The first kappa shape index (κ1) is 18.8. The van der Waals surface area contributed by atoms with Gasteiger partial charge in [-0.15, -0.1) is 0 Å². The summed E-state index contributed by atoms with van der Waals surface area (Å²) in [6, 6.07) is 10.9. The van der Waals surface area contributed by atoms with Crippen LogP contribution in [0.2, 0.25) is 0 Å². The Balaban J connectivity index is 1.90. The maximum absolute atomic E-state index is 12.0. The molecule has 0 unspecified atom stereocenters. The van der Waals surface area contributed by atoms with E-state index in [-0.39, 0.29) is 29.7 Å². The number of nitro benzene ring substituents is 1. The lowest BCUT2D eigenvalue weighted by atomic mass is 10.3. The molecule has 8 heteroatoms. The molecule has 0 bridgehead atoms. The predicted molar refractivity (Wildman–Crippen MR) is 95.9 cm³/mol. The van der Waals surface area contributed by atoms with Crippen molar-refractivity contribution in [1.82, 2.24) is 0 Å². The first-order valence-electron chi connectivity index (χ1n) is 7.62. The van der Waals surface area contributed by atoms with Crippen LogP contribution < -0.4 is 19.5 Å². The van der Waals surface area contributed by atoms with Gasteiger partial charge in [-0.25, -0.2) is 0 Å². The maximum atomic E-state index is 12.0. The van der Waals surface area contributed by atoms with Crippen LogP contribution in [0.3, 0.4) is 0 Å². The van der Waals surface area contributed by atoms with Crippen LogP contribution in [0.15, 0.2) is 55.1 Å². The standard InChI is InChI=1S/C18H18N2O6/c1-3-10-25-14-6-4-13(5-7-14)19-18(21)12-26-15-8-9-16(20(22)23)17(11-15)24-2/h3-9,11H,1,10,12H2,2H3,(H,19,21). The van der Waals surface area contributed by atoms with Crippen molar-refractivity contribution < 1.29 is 23.9 Å². The van der Waals surface area contributed by atoms with Gasteiger partial charge in [0.15, 0.2) is 6.61 Å². The molecule has 0 aliphatic rings. The predicted octanol–water partition coefficient (Wildman–Crippen LogP) is 3.19. The molecule has 2 aromatic carbocycles. The highest BCUT2D eigenvalue weighted by molar-refractivity contribution is 5.91. The van der Waals surface area contributed by atoms with Crippen LogP contribution in [0, 0.1) is 10.1 Å². The normalized spacial score (nSPS) is 9.88. The van der Waals surface area contributed by atoms with Crippen molar-refractivity contribution >= 4 is 17.3 Å².